The molecule has 0 radical (unpaired) electrons. The Morgan fingerprint density at radius 3 is 1.56 bits per heavy atom. The van der Waals surface area contributed by atoms with Crippen LogP contribution in [-0.4, -0.2) is 0 Å². The van der Waals surface area contributed by atoms with Crippen LogP contribution in [-0.2, 0) is 16.2 Å². The first-order valence-corrected chi connectivity index (χ1v) is 27.9. The number of hydrogen-bond acceptors (Lipinski definition) is 2. The molecular weight excluding hydrogens is 945 g/mol. The summed E-state index contributed by atoms with van der Waals surface area (Å²) in [5, 5.41) is 7.30. The van der Waals surface area contributed by atoms with Crippen molar-refractivity contribution < 1.29 is 8.83 Å². The summed E-state index contributed by atoms with van der Waals surface area (Å²) < 4.78 is 13.5. The average Bonchev–Trinajstić information content (AvgIpc) is 3.41. The van der Waals surface area contributed by atoms with Crippen LogP contribution in [0.25, 0.3) is 116 Å². The molecule has 5 aliphatic carbocycles. The van der Waals surface area contributed by atoms with Crippen LogP contribution in [0.4, 0.5) is 0 Å². The van der Waals surface area contributed by atoms with Gasteiger partial charge in [-0.3, -0.25) is 0 Å². The maximum atomic E-state index is 6.75. The minimum absolute atomic E-state index is 0.179. The molecule has 3 unspecified atom stereocenters. The molecule has 2 heterocycles. The molecule has 18 rings (SSSR count). The lowest BCUT2D eigenvalue weighted by atomic mass is 9.68. The molecule has 11 aromatic carbocycles. The Morgan fingerprint density at radius 1 is 0.333 bits per heavy atom. The molecule has 3 atom stereocenters. The van der Waals surface area contributed by atoms with Gasteiger partial charge < -0.3 is 8.83 Å². The van der Waals surface area contributed by atoms with Crippen LogP contribution < -0.4 is 0 Å². The third kappa shape index (κ3) is 5.16. The van der Waals surface area contributed by atoms with E-state index in [2.05, 4.69) is 247 Å². The van der Waals surface area contributed by atoms with Gasteiger partial charge in [0, 0.05) is 38.3 Å². The summed E-state index contributed by atoms with van der Waals surface area (Å²) in [7, 11) is 0. The zero-order valence-electron chi connectivity index (χ0n) is 44.2. The highest BCUT2D eigenvalue weighted by molar-refractivity contribution is 6.22. The fraction of sp³-hybridized carbons (Fsp3) is 0.132. The van der Waals surface area contributed by atoms with Gasteiger partial charge in [0.1, 0.15) is 22.3 Å². The highest BCUT2D eigenvalue weighted by atomic mass is 16.3. The monoisotopic (exact) mass is 996 g/mol. The molecule has 5 aliphatic rings. The van der Waals surface area contributed by atoms with Crippen molar-refractivity contribution >= 4 is 60.2 Å². The smallest absolute Gasteiger partial charge is 0.136 e. The molecule has 2 aromatic heterocycles. The molecule has 78 heavy (non-hydrogen) atoms. The van der Waals surface area contributed by atoms with Gasteiger partial charge >= 0.3 is 0 Å². The maximum Gasteiger partial charge on any atom is 0.136 e. The van der Waals surface area contributed by atoms with E-state index in [1.807, 2.05) is 0 Å². The number of furan rings is 2. The molecule has 368 valence electrons. The molecule has 0 saturated heterocycles. The summed E-state index contributed by atoms with van der Waals surface area (Å²) in [6, 6.07) is 78.0. The molecule has 0 saturated carbocycles. The van der Waals surface area contributed by atoms with E-state index in [1.54, 1.807) is 0 Å². The lowest BCUT2D eigenvalue weighted by molar-refractivity contribution is 0.390. The predicted molar refractivity (Wildman–Crippen MR) is 322 cm³/mol. The zero-order valence-corrected chi connectivity index (χ0v) is 44.2. The van der Waals surface area contributed by atoms with E-state index in [0.717, 1.165) is 22.3 Å². The summed E-state index contributed by atoms with van der Waals surface area (Å²) in [6.45, 7) is 12.5. The van der Waals surface area contributed by atoms with E-state index in [1.165, 1.54) is 149 Å². The van der Waals surface area contributed by atoms with E-state index >= 15 is 0 Å². The Kier molecular flexibility index (Phi) is 8.04. The molecule has 4 bridgehead atoms. The van der Waals surface area contributed by atoms with Gasteiger partial charge in [-0.2, -0.15) is 0 Å². The molecular formula is C76H52O2. The average molecular weight is 997 g/mol. The van der Waals surface area contributed by atoms with Crippen LogP contribution in [0, 0.1) is 5.92 Å². The summed E-state index contributed by atoms with van der Waals surface area (Å²) in [4.78, 5) is 0. The fourth-order valence-corrected chi connectivity index (χ4v) is 16.4. The van der Waals surface area contributed by atoms with Crippen molar-refractivity contribution in [2.24, 2.45) is 5.92 Å². The molecule has 0 fully saturated rings. The number of rotatable bonds is 2. The molecule has 0 aliphatic heterocycles. The van der Waals surface area contributed by atoms with Crippen molar-refractivity contribution in [3.05, 3.63) is 268 Å². The minimum Gasteiger partial charge on any atom is -0.456 e. The first-order chi connectivity index (χ1) is 38.1. The molecule has 0 N–H and O–H groups in total. The van der Waals surface area contributed by atoms with Crippen LogP contribution >= 0.6 is 0 Å². The Labute approximate surface area is 452 Å². The second-order valence-corrected chi connectivity index (χ2v) is 24.3. The molecule has 0 spiro atoms. The second-order valence-electron chi connectivity index (χ2n) is 24.3. The number of allylic oxidation sites excluding steroid dienone is 1. The van der Waals surface area contributed by atoms with Crippen molar-refractivity contribution in [1.82, 2.24) is 0 Å². The van der Waals surface area contributed by atoms with Crippen molar-refractivity contribution in [3.63, 3.8) is 0 Å². The Bertz CT molecular complexity index is 4930. The SMILES string of the molecule is CC1(C)c2cc3c(cc2-c2cc4c(cc21)C1c2ccccc2C(c2cccc5oc6cccc(-c7ccccc7)c6c25)=CC1C4(C)C)C1(C)c2ccccc2-c2cccc4oc5cccc(c5c24)-c2cc1c-3c1ccccc21. The first-order valence-electron chi connectivity index (χ1n) is 27.9. The fourth-order valence-electron chi connectivity index (χ4n) is 16.4. The third-order valence-corrected chi connectivity index (χ3v) is 20.0. The van der Waals surface area contributed by atoms with E-state index in [9.17, 15) is 0 Å². The Balaban J connectivity index is 0.857. The van der Waals surface area contributed by atoms with Crippen LogP contribution in [0.5, 0.6) is 0 Å². The summed E-state index contributed by atoms with van der Waals surface area (Å²) in [5.74, 6) is 0.438. The third-order valence-electron chi connectivity index (χ3n) is 20.0. The van der Waals surface area contributed by atoms with Crippen molar-refractivity contribution in [1.29, 1.82) is 0 Å². The van der Waals surface area contributed by atoms with E-state index in [-0.39, 0.29) is 22.7 Å². The van der Waals surface area contributed by atoms with E-state index < -0.39 is 5.41 Å². The highest BCUT2D eigenvalue weighted by Gasteiger charge is 2.52. The standard InChI is InChI=1S/C76H52O2/c1-74(2)58-39-55-60(75(3,4)62-35-51(43-21-9-11-24-46(43)68(55)62)49-28-17-33-66-72(49)70-42(26-15-31-64(70)77-66)41-19-7-6-8-20-41)37-53(58)54-38-61-56(40-59(54)74)69-47-25-12-10-22-44(47)52-36-63(69)76(61,5)57-30-14-13-23-45(57)48-27-16-32-65-71(48)73-50(52)29-18-34-67(73)78-65/h6-40,62,68H,1-5H3. The number of fused-ring (bicyclic) bond motifs is 17. The van der Waals surface area contributed by atoms with Crippen molar-refractivity contribution in [2.45, 2.75) is 56.8 Å². The number of benzene rings is 11. The minimum atomic E-state index is -0.486. The van der Waals surface area contributed by atoms with E-state index in [4.69, 9.17) is 8.83 Å². The summed E-state index contributed by atoms with van der Waals surface area (Å²) in [5.41, 5.74) is 30.6. The van der Waals surface area contributed by atoms with Crippen LogP contribution in [0.3, 0.4) is 0 Å². The van der Waals surface area contributed by atoms with Gasteiger partial charge in [0.05, 0.1) is 0 Å². The topological polar surface area (TPSA) is 26.3 Å². The molecule has 13 aromatic rings. The molecule has 0 amide bonds. The van der Waals surface area contributed by atoms with Crippen LogP contribution in [0.1, 0.15) is 96.2 Å². The van der Waals surface area contributed by atoms with Crippen molar-refractivity contribution in [2.75, 3.05) is 0 Å². The first kappa shape index (κ1) is 43.2. The molecule has 2 heteroatoms. The van der Waals surface area contributed by atoms with Gasteiger partial charge in [0.2, 0.25) is 0 Å². The summed E-state index contributed by atoms with van der Waals surface area (Å²) >= 11 is 0. The van der Waals surface area contributed by atoms with Crippen LogP contribution in [0.15, 0.2) is 221 Å². The van der Waals surface area contributed by atoms with E-state index in [0.29, 0.717) is 0 Å². The Hall–Kier alpha value is -8.98. The largest absolute Gasteiger partial charge is 0.456 e. The van der Waals surface area contributed by atoms with Gasteiger partial charge in [0.15, 0.2) is 0 Å². The predicted octanol–water partition coefficient (Wildman–Crippen LogP) is 20.1. The molecule has 2 nitrogen and oxygen atoms in total. The van der Waals surface area contributed by atoms with Gasteiger partial charge in [-0.05, 0) is 194 Å². The quantitative estimate of drug-likeness (QED) is 0.173. The van der Waals surface area contributed by atoms with Gasteiger partial charge in [-0.25, -0.2) is 0 Å². The number of hydrogen-bond donors (Lipinski definition) is 0. The lowest BCUT2D eigenvalue weighted by Crippen LogP contribution is -2.27. The highest BCUT2D eigenvalue weighted by Crippen LogP contribution is 2.65. The second kappa shape index (κ2) is 14.5. The van der Waals surface area contributed by atoms with Crippen LogP contribution in [0.2, 0.25) is 0 Å². The maximum absolute atomic E-state index is 6.75. The van der Waals surface area contributed by atoms with Gasteiger partial charge in [0.25, 0.3) is 0 Å². The summed E-state index contributed by atoms with van der Waals surface area (Å²) in [6.07, 6.45) is 2.66. The van der Waals surface area contributed by atoms with Gasteiger partial charge in [-0.15, -0.1) is 0 Å². The van der Waals surface area contributed by atoms with Crippen molar-refractivity contribution in [3.8, 4) is 55.6 Å². The van der Waals surface area contributed by atoms with Gasteiger partial charge in [-0.1, -0.05) is 191 Å². The Morgan fingerprint density at radius 2 is 0.846 bits per heavy atom. The lowest BCUT2D eigenvalue weighted by Gasteiger charge is -2.35. The normalized spacial score (nSPS) is 19.2. The zero-order chi connectivity index (χ0) is 51.7.